The second-order valence-corrected chi connectivity index (χ2v) is 9.14. The van der Waals surface area contributed by atoms with E-state index in [4.69, 9.17) is 9.15 Å². The van der Waals surface area contributed by atoms with E-state index in [9.17, 15) is 9.59 Å². The molecule has 7 nitrogen and oxygen atoms in total. The van der Waals surface area contributed by atoms with Crippen molar-refractivity contribution in [2.45, 2.75) is 6.42 Å². The Balaban J connectivity index is 1.50. The molecule has 0 atom stereocenters. The highest BCUT2D eigenvalue weighted by Crippen LogP contribution is 2.25. The summed E-state index contributed by atoms with van der Waals surface area (Å²) >= 11 is 4.55. The fourth-order valence-corrected chi connectivity index (χ4v) is 4.63. The van der Waals surface area contributed by atoms with Crippen LogP contribution in [0.2, 0.25) is 0 Å². The maximum absolute atomic E-state index is 12.9. The SMILES string of the molecule is COc1ccc(Cc2nn3c(=O)c(=Cc4ccc(-c5cccc(Br)c5)o4)sc3nc2=O)cc1. The van der Waals surface area contributed by atoms with Gasteiger partial charge in [0, 0.05) is 22.5 Å². The van der Waals surface area contributed by atoms with E-state index < -0.39 is 5.56 Å². The fraction of sp³-hybridized carbons (Fsp3) is 0.0833. The van der Waals surface area contributed by atoms with Gasteiger partial charge in [0.15, 0.2) is 0 Å². The second-order valence-electron chi connectivity index (χ2n) is 7.21. The molecule has 33 heavy (non-hydrogen) atoms. The number of furan rings is 1. The smallest absolute Gasteiger partial charge is 0.296 e. The Morgan fingerprint density at radius 1 is 1.12 bits per heavy atom. The number of rotatable bonds is 5. The number of hydrogen-bond acceptors (Lipinski definition) is 7. The summed E-state index contributed by atoms with van der Waals surface area (Å²) in [6.45, 7) is 0. The summed E-state index contributed by atoms with van der Waals surface area (Å²) in [5.74, 6) is 1.93. The van der Waals surface area contributed by atoms with Gasteiger partial charge in [0.05, 0.1) is 7.11 Å². The predicted octanol–water partition coefficient (Wildman–Crippen LogP) is 3.68. The summed E-state index contributed by atoms with van der Waals surface area (Å²) in [6, 6.07) is 18.7. The van der Waals surface area contributed by atoms with Gasteiger partial charge < -0.3 is 9.15 Å². The average molecular weight is 522 g/mol. The lowest BCUT2D eigenvalue weighted by atomic mass is 10.1. The molecule has 5 rings (SSSR count). The van der Waals surface area contributed by atoms with Crippen molar-refractivity contribution in [1.29, 1.82) is 0 Å². The number of methoxy groups -OCH3 is 1. The second kappa shape index (κ2) is 8.76. The Kier molecular flexibility index (Phi) is 5.65. The zero-order chi connectivity index (χ0) is 22.9. The quantitative estimate of drug-likeness (QED) is 0.350. The number of benzene rings is 2. The molecule has 0 saturated carbocycles. The summed E-state index contributed by atoms with van der Waals surface area (Å²) in [6.07, 6.45) is 1.90. The van der Waals surface area contributed by atoms with Gasteiger partial charge in [-0.1, -0.05) is 51.5 Å². The molecule has 0 saturated heterocycles. The minimum atomic E-state index is -0.450. The van der Waals surface area contributed by atoms with Crippen LogP contribution in [-0.2, 0) is 6.42 Å². The third kappa shape index (κ3) is 4.37. The Morgan fingerprint density at radius 3 is 2.70 bits per heavy atom. The predicted molar refractivity (Wildman–Crippen MR) is 130 cm³/mol. The Bertz CT molecular complexity index is 1640. The molecule has 0 N–H and O–H groups in total. The van der Waals surface area contributed by atoms with E-state index in [1.807, 2.05) is 42.5 Å². The lowest BCUT2D eigenvalue weighted by Gasteiger charge is -2.02. The third-order valence-corrected chi connectivity index (χ3v) is 6.44. The van der Waals surface area contributed by atoms with Gasteiger partial charge in [-0.05, 0) is 42.0 Å². The van der Waals surface area contributed by atoms with Crippen LogP contribution >= 0.6 is 27.3 Å². The minimum Gasteiger partial charge on any atom is -0.497 e. The molecule has 3 aromatic heterocycles. The molecule has 0 aliphatic rings. The number of thiazole rings is 1. The van der Waals surface area contributed by atoms with Gasteiger partial charge in [0.25, 0.3) is 11.1 Å². The summed E-state index contributed by atoms with van der Waals surface area (Å²) in [7, 11) is 1.59. The topological polar surface area (TPSA) is 86.7 Å². The van der Waals surface area contributed by atoms with E-state index in [0.29, 0.717) is 16.1 Å². The molecule has 164 valence electrons. The molecule has 0 spiro atoms. The molecule has 2 aromatic carbocycles. The molecule has 0 aliphatic carbocycles. The Labute approximate surface area is 199 Å². The molecule has 0 radical (unpaired) electrons. The number of nitrogens with zero attached hydrogens (tertiary/aromatic N) is 3. The summed E-state index contributed by atoms with van der Waals surface area (Å²) < 4.78 is 13.5. The first-order valence-corrected chi connectivity index (χ1v) is 11.5. The first kappa shape index (κ1) is 21.3. The molecule has 0 aliphatic heterocycles. The van der Waals surface area contributed by atoms with E-state index >= 15 is 0 Å². The van der Waals surface area contributed by atoms with E-state index in [1.165, 1.54) is 4.52 Å². The van der Waals surface area contributed by atoms with Gasteiger partial charge >= 0.3 is 0 Å². The van der Waals surface area contributed by atoms with Crippen LogP contribution in [0.4, 0.5) is 0 Å². The monoisotopic (exact) mass is 521 g/mol. The maximum atomic E-state index is 12.9. The number of fused-ring (bicyclic) bond motifs is 1. The van der Waals surface area contributed by atoms with Crippen molar-refractivity contribution in [3.05, 3.63) is 107 Å². The number of hydrogen-bond donors (Lipinski definition) is 0. The van der Waals surface area contributed by atoms with Crippen LogP contribution in [0, 0.1) is 0 Å². The number of aromatic nitrogens is 3. The highest BCUT2D eigenvalue weighted by molar-refractivity contribution is 9.10. The van der Waals surface area contributed by atoms with Crippen LogP contribution in [0.5, 0.6) is 5.75 Å². The van der Waals surface area contributed by atoms with Crippen LogP contribution in [0.25, 0.3) is 22.4 Å². The number of ether oxygens (including phenoxy) is 1. The van der Waals surface area contributed by atoms with Gasteiger partial charge in [-0.3, -0.25) is 9.59 Å². The largest absolute Gasteiger partial charge is 0.497 e. The van der Waals surface area contributed by atoms with Gasteiger partial charge in [-0.15, -0.1) is 0 Å². The van der Waals surface area contributed by atoms with Gasteiger partial charge in [0.2, 0.25) is 4.96 Å². The van der Waals surface area contributed by atoms with Crippen molar-refractivity contribution in [1.82, 2.24) is 14.6 Å². The van der Waals surface area contributed by atoms with Gasteiger partial charge in [0.1, 0.15) is 27.5 Å². The Morgan fingerprint density at radius 2 is 1.94 bits per heavy atom. The minimum absolute atomic E-state index is 0.203. The maximum Gasteiger partial charge on any atom is 0.296 e. The van der Waals surface area contributed by atoms with Crippen molar-refractivity contribution in [3.63, 3.8) is 0 Å². The van der Waals surface area contributed by atoms with Crippen LogP contribution < -0.4 is 20.4 Å². The van der Waals surface area contributed by atoms with E-state index in [1.54, 1.807) is 31.4 Å². The lowest BCUT2D eigenvalue weighted by molar-refractivity contribution is 0.414. The molecule has 0 fully saturated rings. The van der Waals surface area contributed by atoms with E-state index in [-0.39, 0.29) is 22.6 Å². The van der Waals surface area contributed by atoms with Gasteiger partial charge in [-0.2, -0.15) is 14.6 Å². The average Bonchev–Trinajstić information content (AvgIpc) is 3.40. The molecular formula is C24H16BrN3O4S. The zero-order valence-electron chi connectivity index (χ0n) is 17.3. The van der Waals surface area contributed by atoms with Crippen LogP contribution in [0.3, 0.4) is 0 Å². The first-order valence-electron chi connectivity index (χ1n) is 9.93. The first-order chi connectivity index (χ1) is 16.0. The van der Waals surface area contributed by atoms with E-state index in [0.717, 1.165) is 32.7 Å². The molecule has 9 heteroatoms. The summed E-state index contributed by atoms with van der Waals surface area (Å²) in [5.41, 5.74) is 1.19. The highest BCUT2D eigenvalue weighted by atomic mass is 79.9. The normalized spacial score (nSPS) is 11.9. The molecule has 0 amide bonds. The van der Waals surface area contributed by atoms with Crippen LogP contribution in [0.1, 0.15) is 17.0 Å². The molecule has 0 bridgehead atoms. The Hall–Kier alpha value is -3.56. The molecule has 5 aromatic rings. The summed E-state index contributed by atoms with van der Waals surface area (Å²) in [4.78, 5) is 29.7. The van der Waals surface area contributed by atoms with Crippen molar-refractivity contribution < 1.29 is 9.15 Å². The molecule has 0 unspecified atom stereocenters. The fourth-order valence-electron chi connectivity index (χ4n) is 3.35. The van der Waals surface area contributed by atoms with Crippen molar-refractivity contribution >= 4 is 38.3 Å². The van der Waals surface area contributed by atoms with Crippen molar-refractivity contribution in [2.75, 3.05) is 7.11 Å². The summed E-state index contributed by atoms with van der Waals surface area (Å²) in [5, 5.41) is 4.29. The third-order valence-electron chi connectivity index (χ3n) is 4.99. The van der Waals surface area contributed by atoms with Crippen LogP contribution in [0.15, 0.2) is 79.1 Å². The lowest BCUT2D eigenvalue weighted by Crippen LogP contribution is -2.28. The van der Waals surface area contributed by atoms with Crippen molar-refractivity contribution in [3.8, 4) is 17.1 Å². The zero-order valence-corrected chi connectivity index (χ0v) is 19.7. The van der Waals surface area contributed by atoms with E-state index in [2.05, 4.69) is 26.0 Å². The van der Waals surface area contributed by atoms with Crippen molar-refractivity contribution in [2.24, 2.45) is 0 Å². The molecular weight excluding hydrogens is 506 g/mol. The van der Waals surface area contributed by atoms with Crippen LogP contribution in [-0.4, -0.2) is 21.7 Å². The highest BCUT2D eigenvalue weighted by Gasteiger charge is 2.12. The molecule has 3 heterocycles. The van der Waals surface area contributed by atoms with Gasteiger partial charge in [-0.25, -0.2) is 0 Å². The number of halogens is 1. The standard InChI is InChI=1S/C24H16BrN3O4S/c1-31-17-7-5-14(6-8-17)11-19-22(29)26-24-28(27-19)23(30)21(33-24)13-18-9-10-20(32-18)15-3-2-4-16(25)12-15/h2-10,12-13H,11H2,1H3.